The lowest BCUT2D eigenvalue weighted by Gasteiger charge is -2.13. The zero-order valence-corrected chi connectivity index (χ0v) is 41.8. The van der Waals surface area contributed by atoms with Crippen molar-refractivity contribution < 1.29 is 72.8 Å². The topological polar surface area (TPSA) is 197 Å². The fraction of sp³-hybridized carbons (Fsp3) is 0.120. The van der Waals surface area contributed by atoms with Crippen LogP contribution in [0.2, 0.25) is 10.0 Å². The maximum Gasteiger partial charge on any atom is 0.435 e. The zero-order valence-electron chi connectivity index (χ0n) is 38.6. The van der Waals surface area contributed by atoms with Crippen LogP contribution in [0.1, 0.15) is 32.1 Å². The normalized spacial score (nSPS) is 11.7. The minimum atomic E-state index is -4.75. The number of benzene rings is 6. The summed E-state index contributed by atoms with van der Waals surface area (Å²) in [6.07, 6.45) is -7.38. The number of rotatable bonds is 10. The highest BCUT2D eigenvalue weighted by molar-refractivity contribution is 7.91. The van der Waals surface area contributed by atoms with Gasteiger partial charge in [0.15, 0.2) is 31.1 Å². The summed E-state index contributed by atoms with van der Waals surface area (Å²) in [7, 11) is -4.72. The third kappa shape index (κ3) is 12.9. The number of aromatic carboxylic acids is 1. The molecule has 0 bridgehead atoms. The first-order chi connectivity index (χ1) is 34.7. The number of ether oxygens (including phenoxy) is 1. The van der Waals surface area contributed by atoms with Crippen molar-refractivity contribution in [2.45, 2.75) is 22.1 Å². The second-order valence-corrected chi connectivity index (χ2v) is 20.5. The van der Waals surface area contributed by atoms with E-state index in [1.807, 2.05) is 0 Å². The third-order valence-electron chi connectivity index (χ3n) is 10.6. The van der Waals surface area contributed by atoms with Gasteiger partial charge in [-0.1, -0.05) is 96.0 Å². The fourth-order valence-corrected chi connectivity index (χ4v) is 8.98. The molecular weight excluding hydrogens is 1070 g/mol. The Morgan fingerprint density at radius 3 is 1.27 bits per heavy atom. The van der Waals surface area contributed by atoms with Crippen molar-refractivity contribution in [2.75, 3.05) is 26.7 Å². The summed E-state index contributed by atoms with van der Waals surface area (Å²) < 4.78 is 136. The van der Waals surface area contributed by atoms with Crippen LogP contribution in [-0.2, 0) is 41.7 Å². The number of carbonyl (C=O) groups excluding carboxylic acids is 1. The van der Waals surface area contributed by atoms with E-state index in [-0.39, 0.29) is 70.4 Å². The molecule has 8 aromatic rings. The molecule has 0 saturated heterocycles. The van der Waals surface area contributed by atoms with Crippen LogP contribution in [0, 0.1) is 0 Å². The van der Waals surface area contributed by atoms with Gasteiger partial charge in [0.05, 0.1) is 67.9 Å². The Hall–Kier alpha value is -7.34. The molecule has 0 spiro atoms. The molecule has 24 heteroatoms. The van der Waals surface area contributed by atoms with E-state index in [2.05, 4.69) is 15.1 Å². The summed E-state index contributed by atoms with van der Waals surface area (Å²) in [6.45, 7) is 0. The average molecular weight is 1100 g/mol. The number of carboxylic acids is 1. The minimum absolute atomic E-state index is 0.00188. The van der Waals surface area contributed by atoms with Gasteiger partial charge < -0.3 is 9.84 Å². The Labute approximate surface area is 428 Å². The van der Waals surface area contributed by atoms with Crippen LogP contribution >= 0.6 is 23.2 Å². The molecular formula is C50H38Cl2F6N4O10S2. The van der Waals surface area contributed by atoms with Crippen LogP contribution in [-0.4, -0.2) is 85.4 Å². The molecule has 2 heterocycles. The number of esters is 1. The molecule has 0 aliphatic rings. The van der Waals surface area contributed by atoms with Gasteiger partial charge in [-0.3, -0.25) is 5.26 Å². The highest BCUT2D eigenvalue weighted by Crippen LogP contribution is 2.39. The first-order valence-electron chi connectivity index (χ1n) is 20.9. The van der Waals surface area contributed by atoms with Crippen LogP contribution in [0.25, 0.3) is 56.1 Å². The number of carbonyl (C=O) groups is 2. The predicted octanol–water partition coefficient (Wildman–Crippen LogP) is 12.2. The lowest BCUT2D eigenvalue weighted by molar-refractivity contribution is -0.214. The van der Waals surface area contributed by atoms with E-state index in [9.17, 15) is 57.9 Å². The van der Waals surface area contributed by atoms with Gasteiger partial charge in [0.2, 0.25) is 0 Å². The number of carboxylic acid groups (broad SMARTS) is 1. The Kier molecular flexibility index (Phi) is 17.0. The molecule has 74 heavy (non-hydrogen) atoms. The standard InChI is InChI=1S/C25H18ClF3N2O4S.C24H16ClF3N2O4S.CH4O2/c1-35-24(32)19-13-16(10-11-18(19)15-6-5-7-17(12-15)36(2,33)34)22-14-23(25(27,28)29)30-31(22)21-9-4-3-8-20(21)26;1-35(33,34)16-6-4-5-14(11-16)17-10-9-15(12-18(17)23(31)32)21-13-22(24(26,27)28)29-30(21)20-8-3-2-7-19(20)25;1-3-2/h3-14H,1-2H3;2-13H,1H3,(H,31,32);2H,1H3. The molecule has 2 aromatic heterocycles. The molecule has 0 unspecified atom stereocenters. The summed E-state index contributed by atoms with van der Waals surface area (Å²) in [6, 6.07) is 34.3. The molecule has 14 nitrogen and oxygen atoms in total. The third-order valence-corrected chi connectivity index (χ3v) is 13.4. The molecule has 0 aliphatic heterocycles. The molecule has 0 atom stereocenters. The van der Waals surface area contributed by atoms with Gasteiger partial charge in [-0.15, -0.1) is 0 Å². The second-order valence-electron chi connectivity index (χ2n) is 15.7. The average Bonchev–Trinajstić information content (AvgIpc) is 4.01. The highest BCUT2D eigenvalue weighted by Gasteiger charge is 2.37. The summed E-state index contributed by atoms with van der Waals surface area (Å²) in [5.41, 5.74) is -0.423. The quantitative estimate of drug-likeness (QED) is 0.0570. The first kappa shape index (κ1) is 56.0. The number of methoxy groups -OCH3 is 1. The van der Waals surface area contributed by atoms with Crippen molar-refractivity contribution in [1.29, 1.82) is 0 Å². The highest BCUT2D eigenvalue weighted by atomic mass is 35.5. The van der Waals surface area contributed by atoms with E-state index in [0.29, 0.717) is 16.7 Å². The van der Waals surface area contributed by atoms with Crippen molar-refractivity contribution in [3.05, 3.63) is 178 Å². The lowest BCUT2D eigenvalue weighted by Crippen LogP contribution is -2.08. The Bertz CT molecular complexity index is 3640. The maximum absolute atomic E-state index is 13.6. The molecule has 0 fully saturated rings. The summed E-state index contributed by atoms with van der Waals surface area (Å²) >= 11 is 12.4. The number of hydrogen-bond acceptors (Lipinski definition) is 11. The van der Waals surface area contributed by atoms with Crippen LogP contribution in [0.5, 0.6) is 0 Å². The van der Waals surface area contributed by atoms with E-state index >= 15 is 0 Å². The number of halogens is 8. The lowest BCUT2D eigenvalue weighted by atomic mass is 9.96. The van der Waals surface area contributed by atoms with Crippen molar-refractivity contribution in [2.24, 2.45) is 0 Å². The monoisotopic (exact) mass is 1100 g/mol. The number of para-hydroxylation sites is 2. The van der Waals surface area contributed by atoms with E-state index in [1.165, 1.54) is 111 Å². The van der Waals surface area contributed by atoms with E-state index < -0.39 is 55.4 Å². The second kappa shape index (κ2) is 22.4. The van der Waals surface area contributed by atoms with E-state index in [4.69, 9.17) is 33.2 Å². The maximum atomic E-state index is 13.6. The van der Waals surface area contributed by atoms with E-state index in [1.54, 1.807) is 36.4 Å². The van der Waals surface area contributed by atoms with Gasteiger partial charge in [0.1, 0.15) is 0 Å². The Balaban J connectivity index is 0.000000229. The van der Waals surface area contributed by atoms with E-state index in [0.717, 1.165) is 34.0 Å². The minimum Gasteiger partial charge on any atom is -0.478 e. The van der Waals surface area contributed by atoms with Gasteiger partial charge in [0.25, 0.3) is 0 Å². The largest absolute Gasteiger partial charge is 0.478 e. The Morgan fingerprint density at radius 1 is 0.541 bits per heavy atom. The predicted molar refractivity (Wildman–Crippen MR) is 263 cm³/mol. The van der Waals surface area contributed by atoms with Crippen LogP contribution in [0.15, 0.2) is 155 Å². The molecule has 2 N–H and O–H groups in total. The SMILES string of the molecule is COC(=O)c1cc(-c2cc(C(F)(F)F)nn2-c2ccccc2Cl)ccc1-c1cccc(S(C)(=O)=O)c1.COO.CS(=O)(=O)c1cccc(-c2ccc(-c3cc(C(F)(F)F)nn3-c3ccccc3Cl)cc2C(=O)O)c1. The van der Waals surface area contributed by atoms with Gasteiger partial charge >= 0.3 is 24.3 Å². The smallest absolute Gasteiger partial charge is 0.435 e. The Morgan fingerprint density at radius 2 is 0.919 bits per heavy atom. The molecule has 0 saturated carbocycles. The zero-order chi connectivity index (χ0) is 54.5. The van der Waals surface area contributed by atoms with Crippen molar-refractivity contribution in [3.8, 4) is 56.1 Å². The van der Waals surface area contributed by atoms with Gasteiger partial charge in [-0.2, -0.15) is 36.5 Å². The van der Waals surface area contributed by atoms with Gasteiger partial charge in [0, 0.05) is 23.6 Å². The number of nitrogens with zero attached hydrogens (tertiary/aromatic N) is 4. The van der Waals surface area contributed by atoms with Crippen LogP contribution in [0.3, 0.4) is 0 Å². The first-order valence-corrected chi connectivity index (χ1v) is 25.4. The molecule has 0 aliphatic carbocycles. The fourth-order valence-electron chi connectivity index (χ4n) is 7.22. The number of hydrogen-bond donors (Lipinski definition) is 2. The molecule has 386 valence electrons. The van der Waals surface area contributed by atoms with Crippen LogP contribution in [0.4, 0.5) is 26.3 Å². The summed E-state index contributed by atoms with van der Waals surface area (Å²) in [5.74, 6) is -2.09. The number of sulfone groups is 2. The molecule has 0 radical (unpaired) electrons. The summed E-state index contributed by atoms with van der Waals surface area (Å²) in [4.78, 5) is 28.1. The van der Waals surface area contributed by atoms with Crippen molar-refractivity contribution >= 4 is 54.8 Å². The number of alkyl halides is 6. The van der Waals surface area contributed by atoms with Crippen molar-refractivity contribution in [3.63, 3.8) is 0 Å². The summed E-state index contributed by atoms with van der Waals surface area (Å²) in [5, 5.41) is 24.7. The van der Waals surface area contributed by atoms with Gasteiger partial charge in [-0.25, -0.2) is 40.7 Å². The molecule has 8 rings (SSSR count). The molecule has 6 aromatic carbocycles. The number of aromatic nitrogens is 4. The van der Waals surface area contributed by atoms with Crippen molar-refractivity contribution in [1.82, 2.24) is 19.6 Å². The molecule has 0 amide bonds. The van der Waals surface area contributed by atoms with Gasteiger partial charge in [-0.05, 0) is 95.1 Å². The van der Waals surface area contributed by atoms with Crippen LogP contribution < -0.4 is 0 Å².